The fourth-order valence-corrected chi connectivity index (χ4v) is 3.62. The fraction of sp³-hybridized carbons (Fsp3) is 0.444. The van der Waals surface area contributed by atoms with E-state index in [1.54, 1.807) is 6.07 Å². The zero-order chi connectivity index (χ0) is 26.1. The van der Waals surface area contributed by atoms with Crippen molar-refractivity contribution in [3.63, 3.8) is 0 Å². The minimum Gasteiger partial charge on any atom is -0.370 e. The highest BCUT2D eigenvalue weighted by atomic mass is 19.1. The SMILES string of the molecule is CC(C)[C@H](C)CC(=O)N(Cc1cc(F)cc(C(=O)NC(CCN(C)C)c2ccccc2)c1)C(=N)N. The van der Waals surface area contributed by atoms with Gasteiger partial charge in [0, 0.05) is 12.0 Å². The van der Waals surface area contributed by atoms with Crippen LogP contribution in [-0.2, 0) is 11.3 Å². The highest BCUT2D eigenvalue weighted by molar-refractivity contribution is 5.96. The van der Waals surface area contributed by atoms with E-state index in [-0.39, 0.29) is 36.4 Å². The first-order valence-electron chi connectivity index (χ1n) is 11.9. The molecule has 0 spiro atoms. The van der Waals surface area contributed by atoms with Crippen molar-refractivity contribution in [2.45, 2.75) is 46.2 Å². The van der Waals surface area contributed by atoms with Crippen molar-refractivity contribution in [3.8, 4) is 0 Å². The Morgan fingerprint density at radius 3 is 2.31 bits per heavy atom. The molecule has 1 unspecified atom stereocenters. The first kappa shape index (κ1) is 28.0. The molecule has 2 rings (SSSR count). The van der Waals surface area contributed by atoms with E-state index in [9.17, 15) is 14.0 Å². The molecule has 190 valence electrons. The molecule has 7 nitrogen and oxygen atoms in total. The molecule has 35 heavy (non-hydrogen) atoms. The van der Waals surface area contributed by atoms with Gasteiger partial charge < -0.3 is 16.0 Å². The normalized spacial score (nSPS) is 12.9. The number of halogens is 1. The van der Waals surface area contributed by atoms with E-state index in [0.717, 1.165) is 17.0 Å². The Hall–Kier alpha value is -3.26. The lowest BCUT2D eigenvalue weighted by Crippen LogP contribution is -2.41. The Bertz CT molecular complexity index is 1010. The highest BCUT2D eigenvalue weighted by Gasteiger charge is 2.22. The van der Waals surface area contributed by atoms with Gasteiger partial charge in [-0.3, -0.25) is 19.9 Å². The topological polar surface area (TPSA) is 103 Å². The first-order chi connectivity index (χ1) is 16.5. The lowest BCUT2D eigenvalue weighted by molar-refractivity contribution is -0.129. The number of nitrogens with one attached hydrogen (secondary N) is 2. The number of hydrogen-bond acceptors (Lipinski definition) is 4. The van der Waals surface area contributed by atoms with Crippen molar-refractivity contribution in [1.82, 2.24) is 15.1 Å². The average Bonchev–Trinajstić information content (AvgIpc) is 2.79. The Morgan fingerprint density at radius 2 is 1.74 bits per heavy atom. The summed E-state index contributed by atoms with van der Waals surface area (Å²) >= 11 is 0. The summed E-state index contributed by atoms with van der Waals surface area (Å²) in [5.41, 5.74) is 7.18. The Labute approximate surface area is 208 Å². The molecule has 0 fully saturated rings. The molecule has 0 aliphatic heterocycles. The summed E-state index contributed by atoms with van der Waals surface area (Å²) in [5.74, 6) is -1.32. The fourth-order valence-electron chi connectivity index (χ4n) is 3.62. The van der Waals surface area contributed by atoms with Crippen LogP contribution in [0.15, 0.2) is 48.5 Å². The molecule has 0 aliphatic carbocycles. The summed E-state index contributed by atoms with van der Waals surface area (Å²) in [5, 5.41) is 10.9. The van der Waals surface area contributed by atoms with Gasteiger partial charge in [0.2, 0.25) is 5.91 Å². The summed E-state index contributed by atoms with van der Waals surface area (Å²) in [6.07, 6.45) is 0.913. The van der Waals surface area contributed by atoms with Gasteiger partial charge in [0.25, 0.3) is 5.91 Å². The molecule has 8 heteroatoms. The minimum absolute atomic E-state index is 0.0836. The number of guanidine groups is 1. The van der Waals surface area contributed by atoms with E-state index in [1.165, 1.54) is 12.1 Å². The minimum atomic E-state index is -0.594. The maximum absolute atomic E-state index is 14.5. The average molecular weight is 484 g/mol. The van der Waals surface area contributed by atoms with E-state index >= 15 is 0 Å². The van der Waals surface area contributed by atoms with Crippen molar-refractivity contribution in [1.29, 1.82) is 5.41 Å². The predicted octanol–water partition coefficient (Wildman–Crippen LogP) is 4.15. The van der Waals surface area contributed by atoms with Crippen molar-refractivity contribution in [2.24, 2.45) is 17.6 Å². The number of carbonyl (C=O) groups is 2. The third kappa shape index (κ3) is 8.79. The smallest absolute Gasteiger partial charge is 0.251 e. The summed E-state index contributed by atoms with van der Waals surface area (Å²) in [6.45, 7) is 6.69. The van der Waals surface area contributed by atoms with Crippen LogP contribution in [0.1, 0.15) is 61.1 Å². The molecular formula is C27H38FN5O2. The number of nitrogens with zero attached hydrogens (tertiary/aromatic N) is 2. The Morgan fingerprint density at radius 1 is 1.09 bits per heavy atom. The van der Waals surface area contributed by atoms with Gasteiger partial charge in [0.05, 0.1) is 12.6 Å². The molecule has 0 aromatic heterocycles. The second-order valence-corrected chi connectivity index (χ2v) is 9.67. The molecule has 0 bridgehead atoms. The van der Waals surface area contributed by atoms with Crippen LogP contribution in [0.25, 0.3) is 0 Å². The van der Waals surface area contributed by atoms with Crippen molar-refractivity contribution in [2.75, 3.05) is 20.6 Å². The molecule has 0 saturated heterocycles. The molecule has 2 aromatic rings. The van der Waals surface area contributed by atoms with Gasteiger partial charge in [-0.2, -0.15) is 0 Å². The van der Waals surface area contributed by atoms with Gasteiger partial charge in [-0.1, -0.05) is 51.1 Å². The standard InChI is InChI=1S/C27H38FN5O2/c1-18(2)19(3)13-25(34)33(27(29)30)17-20-14-22(16-23(28)15-20)26(35)31-24(11-12-32(4)5)21-9-7-6-8-10-21/h6-10,14-16,18-19,24H,11-13,17H2,1-5H3,(H3,29,30)(H,31,35)/t19-,24?/m1/s1. The number of amides is 2. The Kier molecular flexibility index (Phi) is 10.4. The molecule has 2 atom stereocenters. The van der Waals surface area contributed by atoms with Gasteiger partial charge in [0.15, 0.2) is 5.96 Å². The molecule has 0 aliphatic rings. The zero-order valence-corrected chi connectivity index (χ0v) is 21.3. The van der Waals surface area contributed by atoms with Crippen LogP contribution in [-0.4, -0.2) is 48.2 Å². The lowest BCUT2D eigenvalue weighted by Gasteiger charge is -2.24. The van der Waals surface area contributed by atoms with Crippen LogP contribution >= 0.6 is 0 Å². The van der Waals surface area contributed by atoms with Crippen LogP contribution in [0.2, 0.25) is 0 Å². The van der Waals surface area contributed by atoms with Crippen molar-refractivity contribution < 1.29 is 14.0 Å². The van der Waals surface area contributed by atoms with Gasteiger partial charge in [0.1, 0.15) is 5.82 Å². The molecule has 0 radical (unpaired) electrons. The molecular weight excluding hydrogens is 445 g/mol. The molecule has 2 amide bonds. The quantitative estimate of drug-likeness (QED) is 0.330. The predicted molar refractivity (Wildman–Crippen MR) is 137 cm³/mol. The van der Waals surface area contributed by atoms with Gasteiger partial charge in [-0.15, -0.1) is 0 Å². The summed E-state index contributed by atoms with van der Waals surface area (Å²) in [7, 11) is 3.93. The summed E-state index contributed by atoms with van der Waals surface area (Å²) < 4.78 is 14.5. The summed E-state index contributed by atoms with van der Waals surface area (Å²) in [6, 6.07) is 13.4. The first-order valence-corrected chi connectivity index (χ1v) is 11.9. The zero-order valence-electron chi connectivity index (χ0n) is 21.3. The van der Waals surface area contributed by atoms with Gasteiger partial charge in [-0.25, -0.2) is 4.39 Å². The number of hydrogen-bond donors (Lipinski definition) is 3. The monoisotopic (exact) mass is 483 g/mol. The largest absolute Gasteiger partial charge is 0.370 e. The molecule has 2 aromatic carbocycles. The van der Waals surface area contributed by atoms with E-state index < -0.39 is 17.7 Å². The Balaban J connectivity index is 2.23. The number of nitrogens with two attached hydrogens (primary N) is 1. The van der Waals surface area contributed by atoms with E-state index in [2.05, 4.69) is 5.32 Å². The maximum atomic E-state index is 14.5. The summed E-state index contributed by atoms with van der Waals surface area (Å²) in [4.78, 5) is 29.0. The maximum Gasteiger partial charge on any atom is 0.251 e. The van der Waals surface area contributed by atoms with Crippen molar-refractivity contribution >= 4 is 17.8 Å². The third-order valence-electron chi connectivity index (χ3n) is 6.16. The number of benzene rings is 2. The van der Waals surface area contributed by atoms with Crippen LogP contribution in [0.5, 0.6) is 0 Å². The second kappa shape index (κ2) is 13.0. The van der Waals surface area contributed by atoms with E-state index in [0.29, 0.717) is 17.9 Å². The second-order valence-electron chi connectivity index (χ2n) is 9.67. The molecule has 4 N–H and O–H groups in total. The van der Waals surface area contributed by atoms with E-state index in [4.69, 9.17) is 11.1 Å². The van der Waals surface area contributed by atoms with Crippen LogP contribution in [0.3, 0.4) is 0 Å². The van der Waals surface area contributed by atoms with Gasteiger partial charge in [-0.05, 0) is 68.2 Å². The molecule has 0 saturated carbocycles. The van der Waals surface area contributed by atoms with Crippen LogP contribution in [0.4, 0.5) is 4.39 Å². The number of carbonyl (C=O) groups excluding carboxylic acids is 2. The van der Waals surface area contributed by atoms with Crippen molar-refractivity contribution in [3.05, 3.63) is 71.0 Å². The van der Waals surface area contributed by atoms with Crippen LogP contribution < -0.4 is 11.1 Å². The van der Waals surface area contributed by atoms with Crippen LogP contribution in [0, 0.1) is 23.1 Å². The number of rotatable bonds is 11. The van der Waals surface area contributed by atoms with Gasteiger partial charge >= 0.3 is 0 Å². The molecule has 0 heterocycles. The highest BCUT2D eigenvalue weighted by Crippen LogP contribution is 2.20. The lowest BCUT2D eigenvalue weighted by atomic mass is 9.94. The third-order valence-corrected chi connectivity index (χ3v) is 6.16. The van der Waals surface area contributed by atoms with E-state index in [1.807, 2.05) is 70.1 Å².